The van der Waals surface area contributed by atoms with E-state index in [2.05, 4.69) is 60.4 Å². The van der Waals surface area contributed by atoms with Gasteiger partial charge in [0.15, 0.2) is 4.96 Å². The van der Waals surface area contributed by atoms with E-state index in [1.807, 2.05) is 30.3 Å². The molecule has 0 atom stereocenters. The highest BCUT2D eigenvalue weighted by Crippen LogP contribution is 2.32. The van der Waals surface area contributed by atoms with Gasteiger partial charge in [-0.3, -0.25) is 4.79 Å². The van der Waals surface area contributed by atoms with Gasteiger partial charge in [0, 0.05) is 0 Å². The van der Waals surface area contributed by atoms with Crippen LogP contribution in [-0.2, 0) is 0 Å². The van der Waals surface area contributed by atoms with Gasteiger partial charge in [0.1, 0.15) is 0 Å². The quantitative estimate of drug-likeness (QED) is 0.366. The first-order valence-electron chi connectivity index (χ1n) is 9.54. The van der Waals surface area contributed by atoms with Gasteiger partial charge in [-0.2, -0.15) is 0 Å². The summed E-state index contributed by atoms with van der Waals surface area (Å²) in [6, 6.07) is 24.6. The van der Waals surface area contributed by atoms with Crippen molar-refractivity contribution in [3.8, 4) is 0 Å². The molecular formula is C25H16N2OS. The monoisotopic (exact) mass is 392 g/mol. The first-order chi connectivity index (χ1) is 14.2. The first-order valence-corrected chi connectivity index (χ1v) is 10.4. The molecule has 0 radical (unpaired) electrons. The van der Waals surface area contributed by atoms with E-state index in [0.717, 1.165) is 21.6 Å². The van der Waals surface area contributed by atoms with E-state index in [-0.39, 0.29) is 5.56 Å². The molecule has 4 aromatic carbocycles. The first kappa shape index (κ1) is 16.5. The molecule has 29 heavy (non-hydrogen) atoms. The fraction of sp³-hybridized carbons (Fsp3) is 0.0400. The molecule has 0 aliphatic rings. The van der Waals surface area contributed by atoms with Crippen molar-refractivity contribution in [2.75, 3.05) is 0 Å². The topological polar surface area (TPSA) is 34.4 Å². The molecule has 0 saturated heterocycles. The highest BCUT2D eigenvalue weighted by atomic mass is 32.1. The lowest BCUT2D eigenvalue weighted by atomic mass is 9.92. The van der Waals surface area contributed by atoms with Crippen molar-refractivity contribution in [2.24, 2.45) is 0 Å². The van der Waals surface area contributed by atoms with E-state index < -0.39 is 0 Å². The van der Waals surface area contributed by atoms with E-state index in [0.29, 0.717) is 4.53 Å². The van der Waals surface area contributed by atoms with Crippen molar-refractivity contribution in [1.29, 1.82) is 0 Å². The van der Waals surface area contributed by atoms with Crippen molar-refractivity contribution in [1.82, 2.24) is 9.38 Å². The van der Waals surface area contributed by atoms with E-state index in [4.69, 9.17) is 0 Å². The maximum absolute atomic E-state index is 13.2. The summed E-state index contributed by atoms with van der Waals surface area (Å²) < 4.78 is 2.43. The van der Waals surface area contributed by atoms with Gasteiger partial charge in [-0.15, -0.1) is 0 Å². The molecule has 138 valence electrons. The Labute approximate surface area is 170 Å². The molecule has 0 fully saturated rings. The number of nitrogens with zero attached hydrogens (tertiary/aromatic N) is 2. The SMILES string of the molecule is Cc1c2ccccc2c(/C=c2\sc3nc4ccccc4n3c2=O)c2ccccc12. The summed E-state index contributed by atoms with van der Waals surface area (Å²) in [6.07, 6.45) is 2.04. The molecule has 2 aromatic heterocycles. The normalized spacial score (nSPS) is 12.7. The second-order valence-corrected chi connectivity index (χ2v) is 8.27. The molecule has 0 aliphatic heterocycles. The average Bonchev–Trinajstić information content (AvgIpc) is 3.27. The zero-order valence-electron chi connectivity index (χ0n) is 15.7. The second-order valence-electron chi connectivity index (χ2n) is 7.26. The van der Waals surface area contributed by atoms with Crippen molar-refractivity contribution in [3.05, 3.63) is 98.8 Å². The van der Waals surface area contributed by atoms with Gasteiger partial charge in [0.05, 0.1) is 15.6 Å². The summed E-state index contributed by atoms with van der Waals surface area (Å²) in [5.41, 5.74) is 4.07. The zero-order chi connectivity index (χ0) is 19.5. The third-order valence-corrected chi connectivity index (χ3v) is 6.63. The summed E-state index contributed by atoms with van der Waals surface area (Å²) in [4.78, 5) is 18.6. The predicted molar refractivity (Wildman–Crippen MR) is 122 cm³/mol. The van der Waals surface area contributed by atoms with Gasteiger partial charge < -0.3 is 0 Å². The maximum Gasteiger partial charge on any atom is 0.274 e. The molecule has 3 nitrogen and oxygen atoms in total. The van der Waals surface area contributed by atoms with E-state index in [1.54, 1.807) is 4.40 Å². The molecule has 6 rings (SSSR count). The summed E-state index contributed by atoms with van der Waals surface area (Å²) in [5.74, 6) is 0. The number of aromatic nitrogens is 2. The lowest BCUT2D eigenvalue weighted by Crippen LogP contribution is -2.22. The highest BCUT2D eigenvalue weighted by molar-refractivity contribution is 7.15. The minimum absolute atomic E-state index is 0.00700. The maximum atomic E-state index is 13.2. The molecule has 0 N–H and O–H groups in total. The van der Waals surface area contributed by atoms with Crippen LogP contribution >= 0.6 is 11.3 Å². The van der Waals surface area contributed by atoms with Gasteiger partial charge in [0.2, 0.25) is 0 Å². The molecule has 6 aromatic rings. The lowest BCUT2D eigenvalue weighted by Gasteiger charge is -2.12. The van der Waals surface area contributed by atoms with Gasteiger partial charge in [0.25, 0.3) is 5.56 Å². The van der Waals surface area contributed by atoms with Crippen LogP contribution in [-0.4, -0.2) is 9.38 Å². The summed E-state index contributed by atoms with van der Waals surface area (Å²) in [6.45, 7) is 2.17. The molecule has 0 amide bonds. The van der Waals surface area contributed by atoms with Gasteiger partial charge in [-0.1, -0.05) is 72.0 Å². The summed E-state index contributed by atoms with van der Waals surface area (Å²) in [7, 11) is 0. The Kier molecular flexibility index (Phi) is 3.40. The smallest absolute Gasteiger partial charge is 0.267 e. The number of hydrogen-bond donors (Lipinski definition) is 0. The number of benzene rings is 4. The molecule has 0 unspecified atom stereocenters. The van der Waals surface area contributed by atoms with E-state index in [9.17, 15) is 4.79 Å². The van der Waals surface area contributed by atoms with Crippen LogP contribution in [0.25, 0.3) is 43.6 Å². The third-order valence-electron chi connectivity index (χ3n) is 5.66. The number of hydrogen-bond acceptors (Lipinski definition) is 3. The molecule has 0 bridgehead atoms. The Morgan fingerprint density at radius 1 is 0.828 bits per heavy atom. The minimum atomic E-state index is -0.00700. The Morgan fingerprint density at radius 3 is 2.10 bits per heavy atom. The Bertz CT molecular complexity index is 1630. The van der Waals surface area contributed by atoms with Crippen LogP contribution in [0, 0.1) is 6.92 Å². The standard InChI is InChI=1S/C25H16N2OS/c1-15-16-8-2-4-10-18(16)20(19-11-5-3-9-17(15)19)14-23-24(28)27-22-13-7-6-12-21(22)26-25(27)29-23/h2-14H,1H3/b23-14-. The number of thiazole rings is 1. The van der Waals surface area contributed by atoms with Crippen LogP contribution in [0.2, 0.25) is 0 Å². The predicted octanol–water partition coefficient (Wildman–Crippen LogP) is 5.07. The molecular weight excluding hydrogens is 376 g/mol. The van der Waals surface area contributed by atoms with Crippen molar-refractivity contribution >= 4 is 55.0 Å². The Balaban J connectivity index is 1.77. The van der Waals surface area contributed by atoms with Gasteiger partial charge in [-0.25, -0.2) is 9.38 Å². The van der Waals surface area contributed by atoms with Crippen LogP contribution in [0.3, 0.4) is 0 Å². The van der Waals surface area contributed by atoms with Crippen LogP contribution < -0.4 is 10.1 Å². The van der Waals surface area contributed by atoms with Gasteiger partial charge >= 0.3 is 0 Å². The van der Waals surface area contributed by atoms with Crippen molar-refractivity contribution < 1.29 is 0 Å². The van der Waals surface area contributed by atoms with Crippen LogP contribution in [0.15, 0.2) is 77.6 Å². The Hall–Kier alpha value is -3.50. The average molecular weight is 392 g/mol. The fourth-order valence-corrected chi connectivity index (χ4v) is 5.25. The largest absolute Gasteiger partial charge is 0.274 e. The van der Waals surface area contributed by atoms with Crippen LogP contribution in [0.1, 0.15) is 11.1 Å². The fourth-order valence-electron chi connectivity index (χ4n) is 4.28. The van der Waals surface area contributed by atoms with E-state index in [1.165, 1.54) is 38.4 Å². The third kappa shape index (κ3) is 2.30. The van der Waals surface area contributed by atoms with Crippen molar-refractivity contribution in [2.45, 2.75) is 6.92 Å². The van der Waals surface area contributed by atoms with Crippen LogP contribution in [0.5, 0.6) is 0 Å². The van der Waals surface area contributed by atoms with Crippen molar-refractivity contribution in [3.63, 3.8) is 0 Å². The zero-order valence-corrected chi connectivity index (χ0v) is 16.5. The highest BCUT2D eigenvalue weighted by Gasteiger charge is 2.13. The number of para-hydroxylation sites is 2. The number of imidazole rings is 1. The summed E-state index contributed by atoms with van der Waals surface area (Å²) in [5, 5.41) is 4.77. The molecule has 4 heteroatoms. The minimum Gasteiger partial charge on any atom is -0.267 e. The Morgan fingerprint density at radius 2 is 1.41 bits per heavy atom. The molecule has 0 aliphatic carbocycles. The molecule has 0 saturated carbocycles. The molecule has 0 spiro atoms. The lowest BCUT2D eigenvalue weighted by molar-refractivity contribution is 1.19. The van der Waals surface area contributed by atoms with Crippen LogP contribution in [0.4, 0.5) is 0 Å². The number of rotatable bonds is 1. The second kappa shape index (κ2) is 6.00. The number of fused-ring (bicyclic) bond motifs is 5. The summed E-state index contributed by atoms with van der Waals surface area (Å²) >= 11 is 1.45. The van der Waals surface area contributed by atoms with E-state index >= 15 is 0 Å². The molecule has 2 heterocycles. The number of aryl methyl sites for hydroxylation is 1. The van der Waals surface area contributed by atoms with Gasteiger partial charge in [-0.05, 0) is 57.8 Å².